The molecule has 138 valence electrons. The molecule has 0 radical (unpaired) electrons. The number of ether oxygens (including phenoxy) is 1. The van der Waals surface area contributed by atoms with Gasteiger partial charge in [0.15, 0.2) is 0 Å². The Bertz CT molecular complexity index is 498. The van der Waals surface area contributed by atoms with E-state index in [1.54, 1.807) is 24.3 Å². The number of rotatable bonds is 14. The van der Waals surface area contributed by atoms with E-state index in [1.807, 2.05) is 6.07 Å². The van der Waals surface area contributed by atoms with Gasteiger partial charge in [0, 0.05) is 6.08 Å². The van der Waals surface area contributed by atoms with Crippen LogP contribution < -0.4 is 0 Å². The molecule has 0 fully saturated rings. The van der Waals surface area contributed by atoms with Crippen LogP contribution in [0.3, 0.4) is 0 Å². The van der Waals surface area contributed by atoms with Crippen LogP contribution in [0.25, 0.3) is 0 Å². The molecule has 0 saturated carbocycles. The van der Waals surface area contributed by atoms with Crippen molar-refractivity contribution in [3.8, 4) is 0 Å². The molecule has 0 aliphatic heterocycles. The second kappa shape index (κ2) is 14.2. The molecule has 1 rings (SSSR count). The van der Waals surface area contributed by atoms with Crippen molar-refractivity contribution in [2.45, 2.75) is 51.4 Å². The zero-order valence-electron chi connectivity index (χ0n) is 14.8. The quantitative estimate of drug-likeness (QED) is 0.161. The molecular weight excluding hydrogens is 320 g/mol. The zero-order valence-corrected chi connectivity index (χ0v) is 14.8. The highest BCUT2D eigenvalue weighted by Crippen LogP contribution is 2.09. The van der Waals surface area contributed by atoms with Gasteiger partial charge in [-0.25, -0.2) is 9.59 Å². The lowest BCUT2D eigenvalue weighted by atomic mass is 10.1. The fourth-order valence-corrected chi connectivity index (χ4v) is 2.27. The first-order valence-corrected chi connectivity index (χ1v) is 8.92. The summed E-state index contributed by atoms with van der Waals surface area (Å²) in [6, 6.07) is 8.79. The Morgan fingerprint density at radius 2 is 1.40 bits per heavy atom. The standard InChI is InChI=1S/C20H28O5/c1-2-19(21)23-16-12-7-5-3-4-6-8-13-17-24-25-20(22)18-14-10-9-11-15-18/h2,9-11,14-15H,1,3-8,12-13,16-17H2. The number of benzene rings is 1. The van der Waals surface area contributed by atoms with Crippen molar-refractivity contribution in [3.05, 3.63) is 48.6 Å². The van der Waals surface area contributed by atoms with Crippen LogP contribution >= 0.6 is 0 Å². The molecule has 0 unspecified atom stereocenters. The van der Waals surface area contributed by atoms with Crippen LogP contribution in [0.4, 0.5) is 0 Å². The summed E-state index contributed by atoms with van der Waals surface area (Å²) in [5, 5.41) is 0. The molecule has 0 aromatic heterocycles. The van der Waals surface area contributed by atoms with Gasteiger partial charge >= 0.3 is 11.9 Å². The van der Waals surface area contributed by atoms with Gasteiger partial charge in [0.2, 0.25) is 0 Å². The molecule has 0 heterocycles. The average molecular weight is 348 g/mol. The molecule has 0 N–H and O–H groups in total. The van der Waals surface area contributed by atoms with Crippen LogP contribution in [-0.4, -0.2) is 25.2 Å². The third-order valence-electron chi connectivity index (χ3n) is 3.68. The van der Waals surface area contributed by atoms with Crippen LogP contribution in [0.2, 0.25) is 0 Å². The van der Waals surface area contributed by atoms with E-state index in [-0.39, 0.29) is 5.97 Å². The summed E-state index contributed by atoms with van der Waals surface area (Å²) in [5.74, 6) is -0.809. The van der Waals surface area contributed by atoms with E-state index in [9.17, 15) is 9.59 Å². The molecule has 1 aromatic carbocycles. The minimum atomic E-state index is -0.459. The Labute approximate surface area is 149 Å². The Morgan fingerprint density at radius 1 is 0.840 bits per heavy atom. The molecule has 0 spiro atoms. The fourth-order valence-electron chi connectivity index (χ4n) is 2.27. The van der Waals surface area contributed by atoms with E-state index < -0.39 is 5.97 Å². The normalized spacial score (nSPS) is 10.2. The minimum absolute atomic E-state index is 0.350. The lowest BCUT2D eigenvalue weighted by Crippen LogP contribution is -2.06. The monoisotopic (exact) mass is 348 g/mol. The van der Waals surface area contributed by atoms with E-state index in [0.717, 1.165) is 38.5 Å². The molecule has 0 aliphatic rings. The number of unbranched alkanes of at least 4 members (excludes halogenated alkanes) is 7. The smallest absolute Gasteiger partial charge is 0.373 e. The van der Waals surface area contributed by atoms with Crippen molar-refractivity contribution >= 4 is 11.9 Å². The van der Waals surface area contributed by atoms with Gasteiger partial charge in [0.1, 0.15) is 0 Å². The highest BCUT2D eigenvalue weighted by atomic mass is 17.2. The molecule has 0 atom stereocenters. The predicted octanol–water partition coefficient (Wildman–Crippen LogP) is 4.63. The SMILES string of the molecule is C=CC(=O)OCCCCCCCCCCOOC(=O)c1ccccc1. The van der Waals surface area contributed by atoms with Crippen molar-refractivity contribution in [2.24, 2.45) is 0 Å². The number of hydrogen-bond acceptors (Lipinski definition) is 5. The van der Waals surface area contributed by atoms with Crippen LogP contribution in [0.15, 0.2) is 43.0 Å². The van der Waals surface area contributed by atoms with Gasteiger partial charge in [0.05, 0.1) is 18.8 Å². The highest BCUT2D eigenvalue weighted by molar-refractivity contribution is 5.88. The largest absolute Gasteiger partial charge is 0.463 e. The lowest BCUT2D eigenvalue weighted by molar-refractivity contribution is -0.241. The van der Waals surface area contributed by atoms with Gasteiger partial charge in [-0.15, -0.1) is 0 Å². The highest BCUT2D eigenvalue weighted by Gasteiger charge is 2.06. The number of carbonyl (C=O) groups is 2. The van der Waals surface area contributed by atoms with Gasteiger partial charge < -0.3 is 4.74 Å². The van der Waals surface area contributed by atoms with Crippen molar-refractivity contribution in [2.75, 3.05) is 13.2 Å². The van der Waals surface area contributed by atoms with E-state index in [1.165, 1.54) is 18.9 Å². The number of esters is 1. The van der Waals surface area contributed by atoms with Crippen molar-refractivity contribution in [3.63, 3.8) is 0 Å². The summed E-state index contributed by atoms with van der Waals surface area (Å²) < 4.78 is 4.91. The summed E-state index contributed by atoms with van der Waals surface area (Å²) in [5.41, 5.74) is 0.488. The Morgan fingerprint density at radius 3 is 2.00 bits per heavy atom. The summed E-state index contributed by atoms with van der Waals surface area (Å²) in [4.78, 5) is 32.1. The van der Waals surface area contributed by atoms with Crippen molar-refractivity contribution < 1.29 is 24.1 Å². The molecule has 5 nitrogen and oxygen atoms in total. The first kappa shape index (κ1) is 20.9. The Hall–Kier alpha value is -2.14. The van der Waals surface area contributed by atoms with Gasteiger partial charge in [-0.1, -0.05) is 63.3 Å². The second-order valence-corrected chi connectivity index (χ2v) is 5.76. The maximum Gasteiger partial charge on any atom is 0.373 e. The summed E-state index contributed by atoms with van der Waals surface area (Å²) >= 11 is 0. The minimum Gasteiger partial charge on any atom is -0.463 e. The van der Waals surface area contributed by atoms with E-state index in [4.69, 9.17) is 14.5 Å². The van der Waals surface area contributed by atoms with E-state index in [0.29, 0.717) is 18.8 Å². The van der Waals surface area contributed by atoms with Gasteiger partial charge in [-0.05, 0) is 25.0 Å². The molecule has 0 amide bonds. The third kappa shape index (κ3) is 11.1. The van der Waals surface area contributed by atoms with Gasteiger partial charge in [0.25, 0.3) is 0 Å². The van der Waals surface area contributed by atoms with Gasteiger partial charge in [-0.3, -0.25) is 4.89 Å². The van der Waals surface area contributed by atoms with E-state index >= 15 is 0 Å². The second-order valence-electron chi connectivity index (χ2n) is 5.76. The van der Waals surface area contributed by atoms with Crippen LogP contribution in [-0.2, 0) is 19.3 Å². The maximum absolute atomic E-state index is 11.6. The van der Waals surface area contributed by atoms with Crippen molar-refractivity contribution in [1.82, 2.24) is 0 Å². The first-order valence-electron chi connectivity index (χ1n) is 8.92. The van der Waals surface area contributed by atoms with Gasteiger partial charge in [-0.2, -0.15) is 4.89 Å². The summed E-state index contributed by atoms with van der Waals surface area (Å²) in [7, 11) is 0. The van der Waals surface area contributed by atoms with Crippen LogP contribution in [0.5, 0.6) is 0 Å². The fraction of sp³-hybridized carbons (Fsp3) is 0.500. The summed E-state index contributed by atoms with van der Waals surface area (Å²) in [6.45, 7) is 4.25. The zero-order chi connectivity index (χ0) is 18.2. The molecule has 1 aromatic rings. The van der Waals surface area contributed by atoms with Crippen LogP contribution in [0.1, 0.15) is 61.7 Å². The molecule has 0 aliphatic carbocycles. The Balaban J connectivity index is 1.82. The number of hydrogen-bond donors (Lipinski definition) is 0. The first-order chi connectivity index (χ1) is 12.2. The maximum atomic E-state index is 11.6. The number of carbonyl (C=O) groups excluding carboxylic acids is 2. The predicted molar refractivity (Wildman–Crippen MR) is 95.9 cm³/mol. The lowest BCUT2D eigenvalue weighted by Gasteiger charge is -2.04. The third-order valence-corrected chi connectivity index (χ3v) is 3.68. The van der Waals surface area contributed by atoms with Crippen LogP contribution in [0, 0.1) is 0 Å². The average Bonchev–Trinajstić information content (AvgIpc) is 2.65. The molecular formula is C20H28O5. The molecule has 0 bridgehead atoms. The molecule has 25 heavy (non-hydrogen) atoms. The summed E-state index contributed by atoms with van der Waals surface area (Å²) in [6.07, 6.45) is 9.74. The molecule has 0 saturated heterocycles. The topological polar surface area (TPSA) is 61.8 Å². The Kier molecular flexibility index (Phi) is 11.9. The molecule has 5 heteroatoms. The van der Waals surface area contributed by atoms with Crippen molar-refractivity contribution in [1.29, 1.82) is 0 Å². The van der Waals surface area contributed by atoms with E-state index in [2.05, 4.69) is 6.58 Å².